The van der Waals surface area contributed by atoms with Gasteiger partial charge in [0.2, 0.25) is 0 Å². The van der Waals surface area contributed by atoms with Crippen molar-refractivity contribution in [3.8, 4) is 0 Å². The van der Waals surface area contributed by atoms with E-state index in [1.54, 1.807) is 0 Å². The van der Waals surface area contributed by atoms with Crippen molar-refractivity contribution in [1.82, 2.24) is 0 Å². The standard InChI is InChI=1S/C12H26S/c1-6-12(13)8-11(10(4)5)7-9(2)3/h9-13H,6-8H2,1-5H3. The molecular weight excluding hydrogens is 176 g/mol. The molecule has 2 unspecified atom stereocenters. The first-order chi connectivity index (χ1) is 5.97. The molecule has 1 heteroatoms. The van der Waals surface area contributed by atoms with Crippen molar-refractivity contribution in [1.29, 1.82) is 0 Å². The molecule has 0 saturated carbocycles. The van der Waals surface area contributed by atoms with Gasteiger partial charge >= 0.3 is 0 Å². The minimum Gasteiger partial charge on any atom is -0.176 e. The van der Waals surface area contributed by atoms with E-state index in [2.05, 4.69) is 47.2 Å². The van der Waals surface area contributed by atoms with Crippen LogP contribution in [0.1, 0.15) is 53.9 Å². The number of hydrogen-bond donors (Lipinski definition) is 1. The Hall–Kier alpha value is 0.350. The monoisotopic (exact) mass is 202 g/mol. The Morgan fingerprint density at radius 3 is 1.85 bits per heavy atom. The molecule has 0 amide bonds. The van der Waals surface area contributed by atoms with Crippen LogP contribution in [0.15, 0.2) is 0 Å². The molecule has 0 saturated heterocycles. The topological polar surface area (TPSA) is 0 Å². The maximum Gasteiger partial charge on any atom is 0.00169 e. The van der Waals surface area contributed by atoms with Gasteiger partial charge in [-0.25, -0.2) is 0 Å². The molecule has 0 N–H and O–H groups in total. The Labute approximate surface area is 89.9 Å². The van der Waals surface area contributed by atoms with Gasteiger partial charge in [0.1, 0.15) is 0 Å². The van der Waals surface area contributed by atoms with Crippen LogP contribution in [0.5, 0.6) is 0 Å². The lowest BCUT2D eigenvalue weighted by Gasteiger charge is -2.25. The van der Waals surface area contributed by atoms with Crippen molar-refractivity contribution in [2.45, 2.75) is 59.1 Å². The van der Waals surface area contributed by atoms with E-state index in [0.717, 1.165) is 17.8 Å². The van der Waals surface area contributed by atoms with Gasteiger partial charge in [0.05, 0.1) is 0 Å². The molecule has 13 heavy (non-hydrogen) atoms. The fourth-order valence-electron chi connectivity index (χ4n) is 1.76. The third-order valence-electron chi connectivity index (χ3n) is 2.76. The molecule has 0 spiro atoms. The zero-order valence-corrected chi connectivity index (χ0v) is 10.8. The second kappa shape index (κ2) is 6.75. The fraction of sp³-hybridized carbons (Fsp3) is 1.00. The summed E-state index contributed by atoms with van der Waals surface area (Å²) >= 11 is 4.59. The second-order valence-corrected chi connectivity index (χ2v) is 5.66. The van der Waals surface area contributed by atoms with Gasteiger partial charge in [-0.3, -0.25) is 0 Å². The maximum atomic E-state index is 4.59. The summed E-state index contributed by atoms with van der Waals surface area (Å²) in [6.45, 7) is 11.5. The van der Waals surface area contributed by atoms with E-state index in [4.69, 9.17) is 0 Å². The van der Waals surface area contributed by atoms with Crippen LogP contribution in [0.4, 0.5) is 0 Å². The van der Waals surface area contributed by atoms with Gasteiger partial charge in [0.25, 0.3) is 0 Å². The fourth-order valence-corrected chi connectivity index (χ4v) is 2.03. The van der Waals surface area contributed by atoms with Gasteiger partial charge in [-0.1, -0.05) is 34.6 Å². The third kappa shape index (κ3) is 6.42. The van der Waals surface area contributed by atoms with E-state index in [1.165, 1.54) is 19.3 Å². The summed E-state index contributed by atoms with van der Waals surface area (Å²) in [5, 5.41) is 0.603. The normalized spacial score (nSPS) is 16.6. The predicted molar refractivity (Wildman–Crippen MR) is 65.5 cm³/mol. The van der Waals surface area contributed by atoms with Crippen LogP contribution in [-0.4, -0.2) is 5.25 Å². The van der Waals surface area contributed by atoms with Crippen LogP contribution in [-0.2, 0) is 0 Å². The van der Waals surface area contributed by atoms with Crippen LogP contribution in [0.2, 0.25) is 0 Å². The van der Waals surface area contributed by atoms with E-state index in [0.29, 0.717) is 5.25 Å². The Morgan fingerprint density at radius 2 is 1.54 bits per heavy atom. The summed E-state index contributed by atoms with van der Waals surface area (Å²) in [7, 11) is 0. The molecule has 0 aliphatic rings. The predicted octanol–water partition coefficient (Wildman–Crippen LogP) is 4.40. The van der Waals surface area contributed by atoms with Gasteiger partial charge in [0, 0.05) is 5.25 Å². The molecule has 0 aromatic carbocycles. The van der Waals surface area contributed by atoms with Crippen molar-refractivity contribution in [2.75, 3.05) is 0 Å². The van der Waals surface area contributed by atoms with E-state index in [9.17, 15) is 0 Å². The summed E-state index contributed by atoms with van der Waals surface area (Å²) in [5.74, 6) is 2.50. The van der Waals surface area contributed by atoms with E-state index in [-0.39, 0.29) is 0 Å². The van der Waals surface area contributed by atoms with Crippen LogP contribution in [0.3, 0.4) is 0 Å². The van der Waals surface area contributed by atoms with Gasteiger partial charge in [-0.2, -0.15) is 12.6 Å². The molecule has 0 heterocycles. The highest BCUT2D eigenvalue weighted by Gasteiger charge is 2.17. The van der Waals surface area contributed by atoms with Crippen LogP contribution in [0, 0.1) is 17.8 Å². The number of thiol groups is 1. The van der Waals surface area contributed by atoms with Crippen molar-refractivity contribution >= 4 is 12.6 Å². The minimum atomic E-state index is 0.603. The van der Waals surface area contributed by atoms with Crippen LogP contribution in [0.25, 0.3) is 0 Å². The van der Waals surface area contributed by atoms with Crippen LogP contribution < -0.4 is 0 Å². The quantitative estimate of drug-likeness (QED) is 0.606. The van der Waals surface area contributed by atoms with E-state index < -0.39 is 0 Å². The Balaban J connectivity index is 3.94. The molecule has 0 aromatic heterocycles. The molecule has 0 nitrogen and oxygen atoms in total. The van der Waals surface area contributed by atoms with Crippen molar-refractivity contribution in [3.63, 3.8) is 0 Å². The molecule has 2 atom stereocenters. The first kappa shape index (κ1) is 13.4. The van der Waals surface area contributed by atoms with Gasteiger partial charge in [-0.15, -0.1) is 0 Å². The highest BCUT2D eigenvalue weighted by atomic mass is 32.1. The average Bonchev–Trinajstić information content (AvgIpc) is 2.02. The SMILES string of the molecule is CCC(S)CC(CC(C)C)C(C)C. The molecule has 80 valence electrons. The summed E-state index contributed by atoms with van der Waals surface area (Å²) in [6.07, 6.45) is 3.84. The molecule has 0 rings (SSSR count). The van der Waals surface area contributed by atoms with Gasteiger partial charge < -0.3 is 0 Å². The maximum absolute atomic E-state index is 4.59. The Bertz CT molecular complexity index is 118. The first-order valence-electron chi connectivity index (χ1n) is 5.65. The molecule has 0 radical (unpaired) electrons. The molecule has 0 aromatic rings. The average molecular weight is 202 g/mol. The summed E-state index contributed by atoms with van der Waals surface area (Å²) in [6, 6.07) is 0. The zero-order chi connectivity index (χ0) is 10.4. The van der Waals surface area contributed by atoms with Gasteiger partial charge in [0.15, 0.2) is 0 Å². The van der Waals surface area contributed by atoms with E-state index >= 15 is 0 Å². The highest BCUT2D eigenvalue weighted by molar-refractivity contribution is 7.80. The lowest BCUT2D eigenvalue weighted by Crippen LogP contribution is -2.16. The zero-order valence-electron chi connectivity index (χ0n) is 9.88. The lowest BCUT2D eigenvalue weighted by molar-refractivity contribution is 0.295. The molecule has 0 aliphatic carbocycles. The van der Waals surface area contributed by atoms with Crippen molar-refractivity contribution < 1.29 is 0 Å². The Kier molecular flexibility index (Phi) is 6.93. The summed E-state index contributed by atoms with van der Waals surface area (Å²) < 4.78 is 0. The Morgan fingerprint density at radius 1 is 1.00 bits per heavy atom. The molecular formula is C12H26S. The van der Waals surface area contributed by atoms with Crippen molar-refractivity contribution in [2.24, 2.45) is 17.8 Å². The third-order valence-corrected chi connectivity index (χ3v) is 3.34. The van der Waals surface area contributed by atoms with Gasteiger partial charge in [-0.05, 0) is 37.0 Å². The highest BCUT2D eigenvalue weighted by Crippen LogP contribution is 2.27. The van der Waals surface area contributed by atoms with Crippen molar-refractivity contribution in [3.05, 3.63) is 0 Å². The van der Waals surface area contributed by atoms with Crippen LogP contribution >= 0.6 is 12.6 Å². The minimum absolute atomic E-state index is 0.603. The second-order valence-electron chi connectivity index (χ2n) is 4.93. The lowest BCUT2D eigenvalue weighted by atomic mass is 9.84. The first-order valence-corrected chi connectivity index (χ1v) is 6.17. The molecule has 0 fully saturated rings. The molecule has 0 bridgehead atoms. The number of hydrogen-bond acceptors (Lipinski definition) is 1. The molecule has 0 aliphatic heterocycles. The summed E-state index contributed by atoms with van der Waals surface area (Å²) in [5.41, 5.74) is 0. The smallest absolute Gasteiger partial charge is 0.00169 e. The van der Waals surface area contributed by atoms with E-state index in [1.807, 2.05) is 0 Å². The number of rotatable bonds is 6. The largest absolute Gasteiger partial charge is 0.176 e. The summed E-state index contributed by atoms with van der Waals surface area (Å²) in [4.78, 5) is 0.